The molecule has 2 aliphatic carbocycles. The Bertz CT molecular complexity index is 1100. The minimum absolute atomic E-state index is 0.396. The Labute approximate surface area is 210 Å². The Morgan fingerprint density at radius 2 is 1.76 bits per heavy atom. The van der Waals surface area contributed by atoms with Gasteiger partial charge in [-0.05, 0) is 86.9 Å². The lowest BCUT2D eigenvalue weighted by molar-refractivity contribution is 0.202. The molecule has 1 fully saturated rings. The average molecular weight is 474 g/mol. The van der Waals surface area contributed by atoms with Crippen molar-refractivity contribution >= 4 is 35.4 Å². The van der Waals surface area contributed by atoms with Crippen LogP contribution in [-0.4, -0.2) is 20.0 Å². The smallest absolute Gasteiger partial charge is 0.0808 e. The van der Waals surface area contributed by atoms with Gasteiger partial charge in [-0.2, -0.15) is 0 Å². The number of aliphatic imine (C=N–C) groups is 1. The first kappa shape index (κ1) is 25.9. The van der Waals surface area contributed by atoms with Gasteiger partial charge >= 0.3 is 0 Å². The maximum Gasteiger partial charge on any atom is 0.0808 e. The second-order valence-corrected chi connectivity index (χ2v) is 10.4. The van der Waals surface area contributed by atoms with Crippen LogP contribution in [0, 0.1) is 10.8 Å². The monoisotopic (exact) mass is 473 g/mol. The molecule has 0 aromatic carbocycles. The fourth-order valence-corrected chi connectivity index (χ4v) is 6.65. The van der Waals surface area contributed by atoms with Gasteiger partial charge in [-0.1, -0.05) is 56.2 Å². The fraction of sp³-hybridized carbons (Fsp3) is 0.400. The zero-order valence-electron chi connectivity index (χ0n) is 21.3. The largest absolute Gasteiger partial charge is 0.390 e. The minimum atomic E-state index is 0.396. The van der Waals surface area contributed by atoms with Crippen molar-refractivity contribution in [3.05, 3.63) is 80.9 Å². The summed E-state index contributed by atoms with van der Waals surface area (Å²) >= 11 is 1.83. The summed E-state index contributed by atoms with van der Waals surface area (Å²) < 4.78 is 0. The summed E-state index contributed by atoms with van der Waals surface area (Å²) in [4.78, 5) is 6.76. The number of fused-ring (bicyclic) bond motifs is 1. The standard InChI is InChI=1S/C30H39N3S/c1-7-9-13-24(23(8-2)20-31)29-26-19-30(16-11-10-12-17-30)18-25(26)28(34-29)21(3)14-15-27(33-6)22(4)32-5/h7-9,13-15,20,31-32H,3,6,10-12,16-19H2,1-2,4-5H3/b9-7+,15-14-,23-8+,24-13+,27-22-,31-20?. The first-order valence-electron chi connectivity index (χ1n) is 12.3. The molecule has 1 heterocycles. The normalized spacial score (nSPS) is 18.9. The number of hydrogen-bond acceptors (Lipinski definition) is 4. The van der Waals surface area contributed by atoms with E-state index < -0.39 is 0 Å². The third kappa shape index (κ3) is 5.33. The summed E-state index contributed by atoms with van der Waals surface area (Å²) in [5, 5.41) is 11.2. The Morgan fingerprint density at radius 1 is 1.09 bits per heavy atom. The number of nitrogens with zero attached hydrogens (tertiary/aromatic N) is 1. The number of nitrogens with one attached hydrogen (secondary N) is 2. The zero-order chi connectivity index (χ0) is 24.7. The van der Waals surface area contributed by atoms with Crippen molar-refractivity contribution in [2.45, 2.75) is 65.7 Å². The molecule has 0 radical (unpaired) electrons. The highest BCUT2D eigenvalue weighted by molar-refractivity contribution is 7.14. The van der Waals surface area contributed by atoms with E-state index in [-0.39, 0.29) is 0 Å². The zero-order valence-corrected chi connectivity index (χ0v) is 22.1. The van der Waals surface area contributed by atoms with Crippen LogP contribution in [0.1, 0.15) is 73.8 Å². The molecule has 4 heteroatoms. The van der Waals surface area contributed by atoms with Crippen LogP contribution in [0.25, 0.3) is 11.1 Å². The number of allylic oxidation sites excluding steroid dienone is 10. The van der Waals surface area contributed by atoms with Crippen molar-refractivity contribution in [3.8, 4) is 0 Å². The Morgan fingerprint density at radius 3 is 2.32 bits per heavy atom. The molecule has 0 bridgehead atoms. The van der Waals surface area contributed by atoms with Crippen molar-refractivity contribution < 1.29 is 0 Å². The van der Waals surface area contributed by atoms with Gasteiger partial charge in [-0.3, -0.25) is 4.99 Å². The molecular formula is C30H39N3S. The molecule has 180 valence electrons. The highest BCUT2D eigenvalue weighted by atomic mass is 32.1. The number of thiophene rings is 1. The highest BCUT2D eigenvalue weighted by Crippen LogP contribution is 2.54. The molecule has 1 aromatic heterocycles. The number of rotatable bonds is 9. The van der Waals surface area contributed by atoms with Gasteiger partial charge in [0.1, 0.15) is 0 Å². The van der Waals surface area contributed by atoms with Gasteiger partial charge in [-0.15, -0.1) is 11.3 Å². The van der Waals surface area contributed by atoms with E-state index in [4.69, 9.17) is 5.41 Å². The summed E-state index contributed by atoms with van der Waals surface area (Å²) in [5.41, 5.74) is 8.30. The van der Waals surface area contributed by atoms with Crippen LogP contribution in [0.15, 0.2) is 65.0 Å². The lowest BCUT2D eigenvalue weighted by Gasteiger charge is -2.33. The Hall–Kier alpha value is -2.72. The molecule has 1 saturated carbocycles. The van der Waals surface area contributed by atoms with Crippen LogP contribution in [-0.2, 0) is 12.8 Å². The molecule has 3 rings (SSSR count). The van der Waals surface area contributed by atoms with E-state index in [1.165, 1.54) is 59.2 Å². The van der Waals surface area contributed by atoms with Crippen LogP contribution >= 0.6 is 11.3 Å². The first-order chi connectivity index (χ1) is 16.4. The van der Waals surface area contributed by atoms with E-state index in [0.29, 0.717) is 5.41 Å². The van der Waals surface area contributed by atoms with Crippen LogP contribution < -0.4 is 5.32 Å². The van der Waals surface area contributed by atoms with Crippen LogP contribution in [0.3, 0.4) is 0 Å². The van der Waals surface area contributed by atoms with Crippen molar-refractivity contribution in [1.82, 2.24) is 5.32 Å². The van der Waals surface area contributed by atoms with E-state index in [0.717, 1.165) is 41.0 Å². The second-order valence-electron chi connectivity index (χ2n) is 9.40. The van der Waals surface area contributed by atoms with Crippen molar-refractivity contribution in [2.75, 3.05) is 7.05 Å². The van der Waals surface area contributed by atoms with E-state index in [1.54, 1.807) is 0 Å². The van der Waals surface area contributed by atoms with Gasteiger partial charge < -0.3 is 10.7 Å². The molecule has 0 saturated heterocycles. The molecule has 2 N–H and O–H groups in total. The molecule has 1 aromatic rings. The van der Waals surface area contributed by atoms with Crippen molar-refractivity contribution in [3.63, 3.8) is 0 Å². The van der Waals surface area contributed by atoms with E-state index in [9.17, 15) is 0 Å². The molecule has 34 heavy (non-hydrogen) atoms. The lowest BCUT2D eigenvalue weighted by atomic mass is 9.72. The van der Waals surface area contributed by atoms with Gasteiger partial charge in [0.25, 0.3) is 0 Å². The lowest BCUT2D eigenvalue weighted by Crippen LogP contribution is -2.24. The molecule has 0 atom stereocenters. The van der Waals surface area contributed by atoms with Gasteiger partial charge in [0.05, 0.1) is 5.70 Å². The maximum absolute atomic E-state index is 8.04. The van der Waals surface area contributed by atoms with Gasteiger partial charge in [0.2, 0.25) is 0 Å². The molecule has 0 amide bonds. The van der Waals surface area contributed by atoms with Crippen LogP contribution in [0.4, 0.5) is 0 Å². The SMILES string of the molecule is C=NC(/C=C\C(=C)c1sc(C(=C/C=C/C)/C(C=N)=C/C)c2c1CC1(CCCCC1)C2)=C(/C)NC. The topological polar surface area (TPSA) is 48.2 Å². The molecule has 2 aliphatic rings. The summed E-state index contributed by atoms with van der Waals surface area (Å²) in [5.74, 6) is 0. The third-order valence-electron chi connectivity index (χ3n) is 7.28. The van der Waals surface area contributed by atoms with E-state index >= 15 is 0 Å². The molecule has 1 spiro atoms. The van der Waals surface area contributed by atoms with Gasteiger partial charge in [0, 0.05) is 34.3 Å². The minimum Gasteiger partial charge on any atom is -0.390 e. The predicted molar refractivity (Wildman–Crippen MR) is 152 cm³/mol. The maximum atomic E-state index is 8.04. The first-order valence-corrected chi connectivity index (χ1v) is 13.1. The van der Waals surface area contributed by atoms with Crippen LogP contribution in [0.2, 0.25) is 0 Å². The van der Waals surface area contributed by atoms with Crippen molar-refractivity contribution in [1.29, 1.82) is 5.41 Å². The van der Waals surface area contributed by atoms with Gasteiger partial charge in [-0.25, -0.2) is 0 Å². The quantitative estimate of drug-likeness (QED) is 0.276. The Balaban J connectivity index is 2.13. The third-order valence-corrected chi connectivity index (χ3v) is 8.66. The Kier molecular flexibility index (Phi) is 8.84. The molecule has 3 nitrogen and oxygen atoms in total. The van der Waals surface area contributed by atoms with E-state index in [2.05, 4.69) is 47.9 Å². The predicted octanol–water partition coefficient (Wildman–Crippen LogP) is 8.07. The summed E-state index contributed by atoms with van der Waals surface area (Å²) in [7, 11) is 1.89. The molecular weight excluding hydrogens is 434 g/mol. The van der Waals surface area contributed by atoms with Crippen LogP contribution in [0.5, 0.6) is 0 Å². The highest BCUT2D eigenvalue weighted by Gasteiger charge is 2.42. The summed E-state index contributed by atoms with van der Waals surface area (Å²) in [6, 6.07) is 0. The number of hydrogen-bond donors (Lipinski definition) is 2. The summed E-state index contributed by atoms with van der Waals surface area (Å²) in [6.45, 7) is 14.2. The average Bonchev–Trinajstić information content (AvgIpc) is 3.37. The fourth-order valence-electron chi connectivity index (χ4n) is 5.31. The summed E-state index contributed by atoms with van der Waals surface area (Å²) in [6.07, 6.45) is 22.9. The van der Waals surface area contributed by atoms with Gasteiger partial charge in [0.15, 0.2) is 0 Å². The molecule has 0 aliphatic heterocycles. The van der Waals surface area contributed by atoms with E-state index in [1.807, 2.05) is 51.3 Å². The molecule has 0 unspecified atom stereocenters. The second kappa shape index (κ2) is 11.6. The van der Waals surface area contributed by atoms with Crippen molar-refractivity contribution in [2.24, 2.45) is 10.4 Å².